The Balaban J connectivity index is 1.38. The SMILES string of the molecule is Cc1ccc(C)c(S(OS(C)(=O)=O)(c2cc(C)c(Sc3cccc4c3C(C)(C)c3ccccc3-4)cc2C)c2cccc3c2C(C)(C)c2ccccc2-3)c1. The molecule has 8 rings (SSSR count). The van der Waals surface area contributed by atoms with Crippen molar-refractivity contribution in [1.29, 1.82) is 0 Å². The molecule has 2 aliphatic carbocycles. The van der Waals surface area contributed by atoms with Crippen molar-refractivity contribution in [3.8, 4) is 22.3 Å². The largest absolute Gasteiger partial charge is 0.274 e. The highest BCUT2D eigenvalue weighted by Crippen LogP contribution is 2.74. The molecule has 270 valence electrons. The fourth-order valence-corrected chi connectivity index (χ4v) is 15.9. The molecule has 6 aromatic rings. The van der Waals surface area contributed by atoms with Crippen molar-refractivity contribution in [3.63, 3.8) is 0 Å². The van der Waals surface area contributed by atoms with Gasteiger partial charge in [-0.15, -0.1) is 0 Å². The minimum absolute atomic E-state index is 0.137. The van der Waals surface area contributed by atoms with E-state index in [2.05, 4.69) is 171 Å². The lowest BCUT2D eigenvalue weighted by atomic mass is 9.82. The van der Waals surface area contributed by atoms with E-state index in [0.29, 0.717) is 0 Å². The van der Waals surface area contributed by atoms with Crippen molar-refractivity contribution in [2.75, 3.05) is 6.26 Å². The van der Waals surface area contributed by atoms with E-state index in [4.69, 9.17) is 3.63 Å². The Morgan fingerprint density at radius 1 is 0.509 bits per heavy atom. The van der Waals surface area contributed by atoms with Crippen LogP contribution in [-0.2, 0) is 24.6 Å². The van der Waals surface area contributed by atoms with E-state index in [1.54, 1.807) is 11.8 Å². The second kappa shape index (κ2) is 12.5. The van der Waals surface area contributed by atoms with Gasteiger partial charge in [0.15, 0.2) is 0 Å². The molecule has 6 heteroatoms. The Labute approximate surface area is 321 Å². The Hall–Kier alpha value is -4.07. The molecule has 0 aromatic heterocycles. The van der Waals surface area contributed by atoms with Gasteiger partial charge in [0.25, 0.3) is 10.1 Å². The summed E-state index contributed by atoms with van der Waals surface area (Å²) in [6.45, 7) is 17.6. The minimum atomic E-state index is -3.98. The van der Waals surface area contributed by atoms with Crippen LogP contribution in [0, 0.1) is 27.7 Å². The third-order valence-electron chi connectivity index (χ3n) is 11.3. The van der Waals surface area contributed by atoms with Gasteiger partial charge in [-0.2, -0.15) is 8.42 Å². The van der Waals surface area contributed by atoms with Crippen LogP contribution >= 0.6 is 22.1 Å². The number of aryl methyl sites for hydroxylation is 4. The van der Waals surface area contributed by atoms with E-state index >= 15 is 0 Å². The first kappa shape index (κ1) is 35.9. The molecule has 0 saturated carbocycles. The predicted molar refractivity (Wildman–Crippen MR) is 222 cm³/mol. The van der Waals surface area contributed by atoms with E-state index in [-0.39, 0.29) is 5.41 Å². The standard InChI is InChI=1S/C47H46O3S3/c1-29-24-25-30(2)42(26-29)53(50-52(9,48)49,41-23-15-19-36-34-17-11-13-21-38(34)47(7,8)45(36)41)43-28-31(3)40(27-32(43)4)51-39-22-14-18-35-33-16-10-12-20-37(33)46(5,6)44(35)39/h10-28H,1-9H3. The lowest BCUT2D eigenvalue weighted by molar-refractivity contribution is 0.514. The van der Waals surface area contributed by atoms with Crippen molar-refractivity contribution in [2.24, 2.45) is 0 Å². The molecule has 0 saturated heterocycles. The first-order valence-electron chi connectivity index (χ1n) is 18.1. The minimum Gasteiger partial charge on any atom is -0.207 e. The van der Waals surface area contributed by atoms with Gasteiger partial charge in [0.05, 0.1) is 6.26 Å². The quantitative estimate of drug-likeness (QED) is 0.163. The Bertz CT molecular complexity index is 2600. The molecule has 6 aromatic carbocycles. The first-order chi connectivity index (χ1) is 25.1. The van der Waals surface area contributed by atoms with Crippen LogP contribution in [0.1, 0.15) is 72.2 Å². The van der Waals surface area contributed by atoms with E-state index in [1.165, 1.54) is 44.5 Å². The summed E-state index contributed by atoms with van der Waals surface area (Å²) in [6, 6.07) is 41.2. The van der Waals surface area contributed by atoms with Crippen LogP contribution in [-0.4, -0.2) is 14.7 Å². The van der Waals surface area contributed by atoms with Gasteiger partial charge in [-0.3, -0.25) is 0 Å². The van der Waals surface area contributed by atoms with E-state index in [0.717, 1.165) is 53.0 Å². The van der Waals surface area contributed by atoms with Crippen molar-refractivity contribution < 1.29 is 12.0 Å². The van der Waals surface area contributed by atoms with E-state index in [9.17, 15) is 8.42 Å². The van der Waals surface area contributed by atoms with Crippen LogP contribution in [0.2, 0.25) is 0 Å². The average Bonchev–Trinajstić information content (AvgIpc) is 3.50. The Morgan fingerprint density at radius 2 is 1.06 bits per heavy atom. The number of hydrogen-bond donors (Lipinski definition) is 0. The van der Waals surface area contributed by atoms with Crippen LogP contribution in [0.3, 0.4) is 0 Å². The van der Waals surface area contributed by atoms with Gasteiger partial charge in [0.2, 0.25) is 0 Å². The monoisotopic (exact) mass is 754 g/mol. The summed E-state index contributed by atoms with van der Waals surface area (Å²) in [6.07, 6.45) is 1.20. The Morgan fingerprint density at radius 3 is 1.70 bits per heavy atom. The average molecular weight is 755 g/mol. The molecule has 53 heavy (non-hydrogen) atoms. The molecular formula is C47H46O3S3. The van der Waals surface area contributed by atoms with Gasteiger partial charge in [-0.25, -0.2) is 3.63 Å². The van der Waals surface area contributed by atoms with E-state index < -0.39 is 25.8 Å². The number of fused-ring (bicyclic) bond motifs is 6. The van der Waals surface area contributed by atoms with Gasteiger partial charge in [0, 0.05) is 35.3 Å². The third-order valence-corrected chi connectivity index (χ3v) is 17.4. The van der Waals surface area contributed by atoms with Crippen LogP contribution < -0.4 is 0 Å². The normalized spacial score (nSPS) is 16.6. The van der Waals surface area contributed by atoms with Crippen molar-refractivity contribution in [3.05, 3.63) is 160 Å². The van der Waals surface area contributed by atoms with Crippen molar-refractivity contribution in [2.45, 2.75) is 90.7 Å². The summed E-state index contributed by atoms with van der Waals surface area (Å²) < 4.78 is 34.4. The first-order valence-corrected chi connectivity index (χ1v) is 22.3. The van der Waals surface area contributed by atoms with Crippen LogP contribution in [0.5, 0.6) is 0 Å². The topological polar surface area (TPSA) is 43.4 Å². The molecule has 1 unspecified atom stereocenters. The highest BCUT2D eigenvalue weighted by Gasteiger charge is 2.46. The number of benzene rings is 6. The molecule has 0 radical (unpaired) electrons. The van der Waals surface area contributed by atoms with Crippen molar-refractivity contribution in [1.82, 2.24) is 0 Å². The molecule has 0 spiro atoms. The van der Waals surface area contributed by atoms with Crippen LogP contribution in [0.4, 0.5) is 0 Å². The molecule has 0 bridgehead atoms. The molecule has 2 aliphatic rings. The maximum atomic E-state index is 13.8. The zero-order valence-electron chi connectivity index (χ0n) is 31.9. The van der Waals surface area contributed by atoms with E-state index in [1.807, 2.05) is 0 Å². The molecule has 0 aliphatic heterocycles. The van der Waals surface area contributed by atoms with Gasteiger partial charge in [-0.05, 0) is 135 Å². The number of rotatable bonds is 7. The lowest BCUT2D eigenvalue weighted by Gasteiger charge is -2.44. The molecule has 0 amide bonds. The summed E-state index contributed by atoms with van der Waals surface area (Å²) in [7, 11) is -6.84. The summed E-state index contributed by atoms with van der Waals surface area (Å²) in [5.74, 6) is 0. The van der Waals surface area contributed by atoms with Gasteiger partial charge >= 0.3 is 0 Å². The second-order valence-electron chi connectivity index (χ2n) is 15.8. The fourth-order valence-electron chi connectivity index (χ4n) is 8.89. The molecular weight excluding hydrogens is 709 g/mol. The maximum Gasteiger partial charge on any atom is 0.274 e. The van der Waals surface area contributed by atoms with Crippen molar-refractivity contribution >= 4 is 32.2 Å². The predicted octanol–water partition coefficient (Wildman–Crippen LogP) is 12.9. The van der Waals surface area contributed by atoms with Gasteiger partial charge in [0.1, 0.15) is 0 Å². The Kier molecular flexibility index (Phi) is 8.47. The second-order valence-corrected chi connectivity index (χ2v) is 21.2. The highest BCUT2D eigenvalue weighted by atomic mass is 32.3. The van der Waals surface area contributed by atoms with Crippen LogP contribution in [0.25, 0.3) is 22.3 Å². The highest BCUT2D eigenvalue weighted by molar-refractivity contribution is 8.33. The molecule has 0 fully saturated rings. The smallest absolute Gasteiger partial charge is 0.207 e. The van der Waals surface area contributed by atoms with Gasteiger partial charge < -0.3 is 0 Å². The molecule has 3 nitrogen and oxygen atoms in total. The van der Waals surface area contributed by atoms with Crippen LogP contribution in [0.15, 0.2) is 140 Å². The summed E-state index contributed by atoms with van der Waals surface area (Å²) in [5, 5.41) is 0. The molecule has 0 N–H and O–H groups in total. The lowest BCUT2D eigenvalue weighted by Crippen LogP contribution is -2.22. The zero-order chi connectivity index (χ0) is 37.7. The molecule has 0 heterocycles. The summed E-state index contributed by atoms with van der Waals surface area (Å²) in [4.78, 5) is 5.13. The summed E-state index contributed by atoms with van der Waals surface area (Å²) >= 11 is 1.80. The fraction of sp³-hybridized carbons (Fsp3) is 0.234. The third kappa shape index (κ3) is 5.55. The molecule has 1 atom stereocenters. The van der Waals surface area contributed by atoms with Gasteiger partial charge in [-0.1, -0.05) is 124 Å². The maximum absolute atomic E-state index is 13.8. The number of hydrogen-bond acceptors (Lipinski definition) is 4. The summed E-state index contributed by atoms with van der Waals surface area (Å²) in [5.41, 5.74) is 13.6. The zero-order valence-corrected chi connectivity index (χ0v) is 34.4.